The Morgan fingerprint density at radius 2 is 0.522 bits per heavy atom. The Morgan fingerprint density at radius 3 is 0.522 bits per heavy atom. The number of hydrogen-bond acceptors (Lipinski definition) is 10. The topological polar surface area (TPSA) is 351 Å². The van der Waals surface area contributed by atoms with Crippen LogP contribution < -0.4 is 0 Å². The summed E-state index contributed by atoms with van der Waals surface area (Å²) in [4.78, 5) is 16.7. The van der Waals surface area contributed by atoms with Gasteiger partial charge in [0, 0.05) is 0 Å². The van der Waals surface area contributed by atoms with Gasteiger partial charge in [-0.1, -0.05) is 0 Å². The van der Waals surface area contributed by atoms with Crippen LogP contribution in [0.4, 0.5) is 0 Å². The molecule has 0 saturated carbocycles. The summed E-state index contributed by atoms with van der Waals surface area (Å²) in [5, 5.41) is 27.3. The highest BCUT2D eigenvalue weighted by Crippen LogP contribution is 1.60. The van der Waals surface area contributed by atoms with Crippen molar-refractivity contribution in [2.24, 2.45) is 0 Å². The van der Waals surface area contributed by atoms with E-state index in [9.17, 15) is 0 Å². The van der Waals surface area contributed by atoms with Gasteiger partial charge < -0.3 is 10.4 Å². The summed E-state index contributed by atoms with van der Waals surface area (Å²) < 4.78 is 94.8. The maximum Gasteiger partial charge on any atom is 0.394 e. The highest BCUT2D eigenvalue weighted by Gasteiger charge is 1.85. The first-order chi connectivity index (χ1) is 9.46. The third-order valence-electron chi connectivity index (χ3n) is 0. The first-order valence-corrected chi connectivity index (χ1v) is 7.42. The maximum atomic E-state index is 8.74. The van der Waals surface area contributed by atoms with Crippen LogP contribution in [0.2, 0.25) is 0 Å². The van der Waals surface area contributed by atoms with Crippen LogP contribution in [-0.4, -0.2) is 73.2 Å². The van der Waals surface area contributed by atoms with Gasteiger partial charge in [-0.05, 0) is 0 Å². The molecule has 0 fully saturated rings. The van der Waals surface area contributed by atoms with E-state index < -0.39 is 41.4 Å². The number of hydrogen-bond donors (Lipinski definition) is 8. The Labute approximate surface area is 125 Å². The van der Waals surface area contributed by atoms with E-state index in [1.54, 1.807) is 0 Å². The van der Waals surface area contributed by atoms with Gasteiger partial charge in [0.15, 0.2) is 0 Å². The fraction of sp³-hybridized carbons (Fsp3) is 0. The van der Waals surface area contributed by atoms with Gasteiger partial charge in [-0.15, -0.1) is 20.2 Å². The van der Waals surface area contributed by atoms with Crippen molar-refractivity contribution in [2.45, 2.75) is 0 Å². The van der Waals surface area contributed by atoms with Crippen LogP contribution >= 0.6 is 0 Å². The summed E-state index contributed by atoms with van der Waals surface area (Å²) >= 11 is 0. The van der Waals surface area contributed by atoms with Crippen LogP contribution in [0.25, 0.3) is 0 Å². The SMILES string of the molecule is O=S(=O)(O)O.O=S(=O)(O)O.O=S(=O)(O)O.O=[N+]([O-])O.O=[N+]([O-])O. The van der Waals surface area contributed by atoms with E-state index in [2.05, 4.69) is 0 Å². The molecule has 23 heavy (non-hydrogen) atoms. The zero-order chi connectivity index (χ0) is 20.7. The van der Waals surface area contributed by atoms with Gasteiger partial charge in [0.25, 0.3) is 10.2 Å². The van der Waals surface area contributed by atoms with Gasteiger partial charge in [0.05, 0.1) is 0 Å². The summed E-state index contributed by atoms with van der Waals surface area (Å²) in [6.45, 7) is 0. The molecular weight excluding hydrogens is 412 g/mol. The second kappa shape index (κ2) is 14.9. The maximum absolute atomic E-state index is 8.74. The van der Waals surface area contributed by atoms with Crippen molar-refractivity contribution < 1.29 is 73.2 Å². The Morgan fingerprint density at radius 1 is 0.522 bits per heavy atom. The third kappa shape index (κ3) is 1640. The zero-order valence-corrected chi connectivity index (χ0v) is 12.2. The first kappa shape index (κ1) is 32.8. The molecule has 0 spiro atoms. The predicted molar refractivity (Wildman–Crippen MR) is 60.1 cm³/mol. The van der Waals surface area contributed by atoms with Crippen molar-refractivity contribution in [3.63, 3.8) is 0 Å². The molecule has 0 amide bonds. The van der Waals surface area contributed by atoms with Crippen LogP contribution in [-0.2, 0) is 31.2 Å². The van der Waals surface area contributed by atoms with Gasteiger partial charge in [-0.3, -0.25) is 27.3 Å². The molecule has 0 aliphatic carbocycles. The summed E-state index contributed by atoms with van der Waals surface area (Å²) in [7, 11) is -14.0. The van der Waals surface area contributed by atoms with Gasteiger partial charge >= 0.3 is 31.2 Å². The zero-order valence-electron chi connectivity index (χ0n) is 9.78. The Hall–Kier alpha value is -1.99. The summed E-state index contributed by atoms with van der Waals surface area (Å²) in [5.41, 5.74) is 0. The molecule has 0 saturated heterocycles. The standard InChI is InChI=1S/2HNO3.3H2O4S/c2*2-1(3)4;3*1-5(2,3)4/h2*(H,2,3,4);3*(H2,1,2,3,4). The smallest absolute Gasteiger partial charge is 0.328 e. The number of rotatable bonds is 0. The van der Waals surface area contributed by atoms with E-state index >= 15 is 0 Å². The molecule has 0 rings (SSSR count). The molecule has 0 aliphatic heterocycles. The lowest BCUT2D eigenvalue weighted by atomic mass is 13.1. The highest BCUT2D eigenvalue weighted by atomic mass is 32.3. The molecule has 20 nitrogen and oxygen atoms in total. The lowest BCUT2D eigenvalue weighted by molar-refractivity contribution is -0.742. The second-order valence-corrected chi connectivity index (χ2v) is 4.51. The summed E-state index contributed by atoms with van der Waals surface area (Å²) in [5.74, 6) is 0. The minimum Gasteiger partial charge on any atom is -0.328 e. The summed E-state index contributed by atoms with van der Waals surface area (Å²) in [6, 6.07) is 0. The van der Waals surface area contributed by atoms with E-state index in [4.69, 9.17) is 83.2 Å². The highest BCUT2D eigenvalue weighted by molar-refractivity contribution is 7.80. The molecular formula is H8N2O18S3. The molecule has 0 heterocycles. The van der Waals surface area contributed by atoms with Crippen molar-refractivity contribution >= 4 is 31.2 Å². The fourth-order valence-electron chi connectivity index (χ4n) is 0. The Kier molecular flexibility index (Phi) is 21.3. The first-order valence-electron chi connectivity index (χ1n) is 3.23. The molecule has 0 unspecified atom stereocenters. The van der Waals surface area contributed by atoms with Crippen molar-refractivity contribution in [3.05, 3.63) is 20.2 Å². The average Bonchev–Trinajstić information content (AvgIpc) is 1.85. The van der Waals surface area contributed by atoms with E-state index in [0.29, 0.717) is 0 Å². The number of nitrogens with zero attached hydrogens (tertiary/aromatic N) is 2. The van der Waals surface area contributed by atoms with Crippen molar-refractivity contribution in [1.82, 2.24) is 0 Å². The van der Waals surface area contributed by atoms with Crippen LogP contribution in [0.1, 0.15) is 0 Å². The Balaban J connectivity index is -0.0000000589. The van der Waals surface area contributed by atoms with Crippen LogP contribution in [0.15, 0.2) is 0 Å². The average molecular weight is 420 g/mol. The molecule has 0 aliphatic rings. The Bertz CT molecular complexity index is 486. The minimum absolute atomic E-state index is 1.50. The van der Waals surface area contributed by atoms with E-state index in [1.807, 2.05) is 0 Å². The van der Waals surface area contributed by atoms with Crippen LogP contribution in [0, 0.1) is 20.2 Å². The quantitative estimate of drug-likeness (QED) is 0.112. The van der Waals surface area contributed by atoms with Crippen molar-refractivity contribution in [2.75, 3.05) is 0 Å². The third-order valence-corrected chi connectivity index (χ3v) is 0. The molecule has 0 aromatic heterocycles. The monoisotopic (exact) mass is 420 g/mol. The predicted octanol–water partition coefficient (Wildman–Crippen LogP) is -2.65. The summed E-state index contributed by atoms with van der Waals surface area (Å²) in [6.07, 6.45) is 0. The van der Waals surface area contributed by atoms with Gasteiger partial charge in [0.2, 0.25) is 0 Å². The van der Waals surface area contributed by atoms with Gasteiger partial charge in [-0.2, -0.15) is 25.3 Å². The van der Waals surface area contributed by atoms with Crippen LogP contribution in [0.3, 0.4) is 0 Å². The molecule has 0 atom stereocenters. The fourth-order valence-corrected chi connectivity index (χ4v) is 0. The van der Waals surface area contributed by atoms with E-state index in [1.165, 1.54) is 0 Å². The van der Waals surface area contributed by atoms with Gasteiger partial charge in [-0.25, -0.2) is 0 Å². The molecule has 23 heteroatoms. The lowest BCUT2D eigenvalue weighted by Gasteiger charge is -1.68. The lowest BCUT2D eigenvalue weighted by Crippen LogP contribution is -1.89. The van der Waals surface area contributed by atoms with E-state index in [-0.39, 0.29) is 0 Å². The molecule has 0 aromatic rings. The van der Waals surface area contributed by atoms with Crippen LogP contribution in [0.5, 0.6) is 0 Å². The molecule has 8 N–H and O–H groups in total. The van der Waals surface area contributed by atoms with Crippen molar-refractivity contribution in [3.8, 4) is 0 Å². The normalized spacial score (nSPS) is 9.65. The molecule has 0 radical (unpaired) electrons. The molecule has 0 aromatic carbocycles. The molecule has 0 bridgehead atoms. The molecule has 144 valence electrons. The van der Waals surface area contributed by atoms with E-state index in [0.717, 1.165) is 0 Å². The van der Waals surface area contributed by atoms with Crippen molar-refractivity contribution in [1.29, 1.82) is 0 Å². The minimum atomic E-state index is -4.67. The second-order valence-electron chi connectivity index (χ2n) is 1.82. The van der Waals surface area contributed by atoms with Gasteiger partial charge in [0.1, 0.15) is 0 Å². The largest absolute Gasteiger partial charge is 0.394 e.